The lowest BCUT2D eigenvalue weighted by molar-refractivity contribution is -0.134. The SMILES string of the molecule is COc1ccc(CN2CCNC(=O)C2CC(=O)NCc2ccc(-n3cccn3)cc2)cc1C. The molecule has 1 atom stereocenters. The molecular formula is C25H29N5O3. The van der Waals surface area contributed by atoms with Gasteiger partial charge in [-0.1, -0.05) is 24.3 Å². The fourth-order valence-corrected chi connectivity index (χ4v) is 4.08. The molecule has 2 heterocycles. The summed E-state index contributed by atoms with van der Waals surface area (Å²) in [6, 6.07) is 15.2. The van der Waals surface area contributed by atoms with Crippen LogP contribution in [0, 0.1) is 6.92 Å². The molecule has 2 N–H and O–H groups in total. The highest BCUT2D eigenvalue weighted by molar-refractivity contribution is 5.88. The number of aromatic nitrogens is 2. The first-order chi connectivity index (χ1) is 16.0. The summed E-state index contributed by atoms with van der Waals surface area (Å²) in [7, 11) is 1.65. The highest BCUT2D eigenvalue weighted by Crippen LogP contribution is 2.21. The number of ether oxygens (including phenoxy) is 1. The second kappa shape index (κ2) is 10.3. The Bertz CT molecular complexity index is 1100. The van der Waals surface area contributed by atoms with Gasteiger partial charge in [0.15, 0.2) is 0 Å². The number of hydrogen-bond donors (Lipinski definition) is 2. The predicted octanol–water partition coefficient (Wildman–Crippen LogP) is 2.20. The van der Waals surface area contributed by atoms with Crippen molar-refractivity contribution in [3.8, 4) is 11.4 Å². The Kier molecular flexibility index (Phi) is 7.04. The summed E-state index contributed by atoms with van der Waals surface area (Å²) in [5, 5.41) is 10.0. The van der Waals surface area contributed by atoms with Crippen molar-refractivity contribution in [2.24, 2.45) is 0 Å². The van der Waals surface area contributed by atoms with Crippen LogP contribution in [-0.4, -0.2) is 52.7 Å². The zero-order valence-corrected chi connectivity index (χ0v) is 19.0. The third kappa shape index (κ3) is 5.59. The quantitative estimate of drug-likeness (QED) is 0.553. The number of carbonyl (C=O) groups is 2. The van der Waals surface area contributed by atoms with Gasteiger partial charge in [0.05, 0.1) is 25.3 Å². The van der Waals surface area contributed by atoms with Crippen LogP contribution in [0.5, 0.6) is 5.75 Å². The highest BCUT2D eigenvalue weighted by Gasteiger charge is 2.31. The molecule has 1 unspecified atom stereocenters. The van der Waals surface area contributed by atoms with Crippen LogP contribution >= 0.6 is 0 Å². The molecule has 0 bridgehead atoms. The minimum Gasteiger partial charge on any atom is -0.496 e. The maximum Gasteiger partial charge on any atom is 0.237 e. The molecule has 8 heteroatoms. The van der Waals surface area contributed by atoms with Crippen molar-refractivity contribution in [1.82, 2.24) is 25.3 Å². The average Bonchev–Trinajstić information content (AvgIpc) is 3.35. The van der Waals surface area contributed by atoms with Crippen molar-refractivity contribution in [1.29, 1.82) is 0 Å². The van der Waals surface area contributed by atoms with Gasteiger partial charge in [0.25, 0.3) is 0 Å². The van der Waals surface area contributed by atoms with E-state index >= 15 is 0 Å². The molecule has 8 nitrogen and oxygen atoms in total. The van der Waals surface area contributed by atoms with E-state index in [0.717, 1.165) is 28.1 Å². The van der Waals surface area contributed by atoms with Gasteiger partial charge in [0.1, 0.15) is 5.75 Å². The average molecular weight is 448 g/mol. The number of carbonyl (C=O) groups excluding carboxylic acids is 2. The number of methoxy groups -OCH3 is 1. The number of nitrogens with zero attached hydrogens (tertiary/aromatic N) is 3. The maximum atomic E-state index is 12.7. The van der Waals surface area contributed by atoms with E-state index in [1.165, 1.54) is 0 Å². The molecule has 0 radical (unpaired) electrons. The summed E-state index contributed by atoms with van der Waals surface area (Å²) in [4.78, 5) is 27.3. The number of rotatable bonds is 8. The molecule has 2 aromatic carbocycles. The third-order valence-electron chi connectivity index (χ3n) is 5.86. The molecule has 172 valence electrons. The topological polar surface area (TPSA) is 88.5 Å². The second-order valence-electron chi connectivity index (χ2n) is 8.18. The molecule has 0 aliphatic carbocycles. The first-order valence-corrected chi connectivity index (χ1v) is 11.0. The summed E-state index contributed by atoms with van der Waals surface area (Å²) in [5.41, 5.74) is 4.08. The van der Waals surface area contributed by atoms with Crippen LogP contribution < -0.4 is 15.4 Å². The molecule has 1 aliphatic heterocycles. The van der Waals surface area contributed by atoms with E-state index in [4.69, 9.17) is 4.74 Å². The van der Waals surface area contributed by atoms with Gasteiger partial charge >= 0.3 is 0 Å². The van der Waals surface area contributed by atoms with E-state index < -0.39 is 6.04 Å². The third-order valence-corrected chi connectivity index (χ3v) is 5.86. The van der Waals surface area contributed by atoms with E-state index in [0.29, 0.717) is 26.2 Å². The summed E-state index contributed by atoms with van der Waals surface area (Å²) in [6.07, 6.45) is 3.73. The van der Waals surface area contributed by atoms with Crippen LogP contribution in [-0.2, 0) is 22.7 Å². The Labute approximate surface area is 193 Å². The van der Waals surface area contributed by atoms with E-state index in [2.05, 4.69) is 26.7 Å². The fourth-order valence-electron chi connectivity index (χ4n) is 4.08. The minimum absolute atomic E-state index is 0.106. The number of hydrogen-bond acceptors (Lipinski definition) is 5. The largest absolute Gasteiger partial charge is 0.496 e. The van der Waals surface area contributed by atoms with Crippen LogP contribution in [0.15, 0.2) is 60.9 Å². The van der Waals surface area contributed by atoms with Crippen molar-refractivity contribution in [2.75, 3.05) is 20.2 Å². The molecule has 33 heavy (non-hydrogen) atoms. The number of piperazine rings is 1. The lowest BCUT2D eigenvalue weighted by Crippen LogP contribution is -2.56. The predicted molar refractivity (Wildman–Crippen MR) is 125 cm³/mol. The molecular weight excluding hydrogens is 418 g/mol. The molecule has 2 amide bonds. The van der Waals surface area contributed by atoms with Gasteiger partial charge in [0, 0.05) is 38.6 Å². The molecule has 4 rings (SSSR count). The van der Waals surface area contributed by atoms with Crippen molar-refractivity contribution in [3.05, 3.63) is 77.6 Å². The fraction of sp³-hybridized carbons (Fsp3) is 0.320. The standard InChI is InChI=1S/C25H29N5O3/c1-18-14-20(6-9-23(18)33-2)17-29-13-11-26-25(32)22(29)15-24(31)27-16-19-4-7-21(8-5-19)30-12-3-10-28-30/h3-10,12,14,22H,11,13,15-17H2,1-2H3,(H,26,32)(H,27,31). The van der Waals surface area contributed by atoms with Gasteiger partial charge in [-0.05, 0) is 47.9 Å². The Balaban J connectivity index is 1.34. The molecule has 0 spiro atoms. The van der Waals surface area contributed by atoms with E-state index in [9.17, 15) is 9.59 Å². The highest BCUT2D eigenvalue weighted by atomic mass is 16.5. The Morgan fingerprint density at radius 1 is 1.21 bits per heavy atom. The molecule has 1 fully saturated rings. The molecule has 1 aliphatic rings. The smallest absolute Gasteiger partial charge is 0.237 e. The molecule has 1 aromatic heterocycles. The van der Waals surface area contributed by atoms with E-state index in [-0.39, 0.29) is 18.2 Å². The van der Waals surface area contributed by atoms with Gasteiger partial charge < -0.3 is 15.4 Å². The first-order valence-electron chi connectivity index (χ1n) is 11.0. The maximum absolute atomic E-state index is 12.7. The van der Waals surface area contributed by atoms with Crippen LogP contribution in [0.25, 0.3) is 5.69 Å². The van der Waals surface area contributed by atoms with E-state index in [1.54, 1.807) is 18.0 Å². The second-order valence-corrected chi connectivity index (χ2v) is 8.18. The van der Waals surface area contributed by atoms with Crippen LogP contribution in [0.1, 0.15) is 23.1 Å². The van der Waals surface area contributed by atoms with E-state index in [1.807, 2.05) is 55.6 Å². The van der Waals surface area contributed by atoms with Crippen molar-refractivity contribution < 1.29 is 14.3 Å². The Morgan fingerprint density at radius 2 is 2.00 bits per heavy atom. The van der Waals surface area contributed by atoms with Crippen LogP contribution in [0.4, 0.5) is 0 Å². The zero-order chi connectivity index (χ0) is 23.2. The number of amides is 2. The van der Waals surface area contributed by atoms with Crippen LogP contribution in [0.3, 0.4) is 0 Å². The van der Waals surface area contributed by atoms with Crippen molar-refractivity contribution >= 4 is 11.8 Å². The van der Waals surface area contributed by atoms with Gasteiger partial charge in [0.2, 0.25) is 11.8 Å². The monoisotopic (exact) mass is 447 g/mol. The Morgan fingerprint density at radius 3 is 2.70 bits per heavy atom. The molecule has 0 saturated carbocycles. The minimum atomic E-state index is -0.497. The first kappa shape index (κ1) is 22.5. The molecule has 3 aromatic rings. The lowest BCUT2D eigenvalue weighted by atomic mass is 10.0. The summed E-state index contributed by atoms with van der Waals surface area (Å²) in [5.74, 6) is 0.582. The van der Waals surface area contributed by atoms with Gasteiger partial charge in [-0.25, -0.2) is 4.68 Å². The summed E-state index contributed by atoms with van der Waals surface area (Å²) >= 11 is 0. The van der Waals surface area contributed by atoms with Gasteiger partial charge in [-0.2, -0.15) is 5.10 Å². The zero-order valence-electron chi connectivity index (χ0n) is 19.0. The number of benzene rings is 2. The van der Waals surface area contributed by atoms with Gasteiger partial charge in [-0.3, -0.25) is 14.5 Å². The normalized spacial score (nSPS) is 16.3. The van der Waals surface area contributed by atoms with Crippen molar-refractivity contribution in [3.63, 3.8) is 0 Å². The van der Waals surface area contributed by atoms with Gasteiger partial charge in [-0.15, -0.1) is 0 Å². The number of aryl methyl sites for hydroxylation is 1. The number of nitrogens with one attached hydrogen (secondary N) is 2. The molecule has 1 saturated heterocycles. The van der Waals surface area contributed by atoms with Crippen molar-refractivity contribution in [2.45, 2.75) is 32.5 Å². The summed E-state index contributed by atoms with van der Waals surface area (Å²) in [6.45, 7) is 4.28. The Hall–Kier alpha value is -3.65. The van der Waals surface area contributed by atoms with Crippen LogP contribution in [0.2, 0.25) is 0 Å². The summed E-state index contributed by atoms with van der Waals surface area (Å²) < 4.78 is 7.12. The lowest BCUT2D eigenvalue weighted by Gasteiger charge is -2.34.